The minimum absolute atomic E-state index is 0.0286. The standard InChI is InChI=1S/C19H36O4.C19H34O4.C17H18N2O6/c2*1-3-4-5-6-7-8-9-10-11-12-13-14-18(21)15-19(22)16-23-17(2)20;1-9-13(16(20)24-3)15(14(10(2)18-9)17(21)25-4)11-7-5-6-8-12(11)19(22)23/h3,18-19,21-22H,1,4-16H2,2H3;1,18-19,21-22H,4-16H2,2H3;5-8,15,18H,1-4H3. The lowest BCUT2D eigenvalue weighted by Crippen LogP contribution is -2.32. The number of hydrogen-bond acceptors (Lipinski definition) is 15. The first-order valence-corrected chi connectivity index (χ1v) is 25.6. The molecule has 5 N–H and O–H groups in total. The van der Waals surface area contributed by atoms with Crippen LogP contribution in [0.1, 0.15) is 193 Å². The number of carbonyl (C=O) groups is 4. The molecule has 0 radical (unpaired) electrons. The summed E-state index contributed by atoms with van der Waals surface area (Å²) in [6.07, 6.45) is 30.5. The van der Waals surface area contributed by atoms with E-state index in [1.165, 1.54) is 130 Å². The first kappa shape index (κ1) is 65.9. The monoisotopic (exact) mass is 1000 g/mol. The lowest BCUT2D eigenvalue weighted by molar-refractivity contribution is -0.385. The summed E-state index contributed by atoms with van der Waals surface area (Å²) in [5, 5.41) is 53.2. The van der Waals surface area contributed by atoms with E-state index in [0.717, 1.165) is 44.9 Å². The maximum Gasteiger partial charge on any atom is 0.336 e. The van der Waals surface area contributed by atoms with Gasteiger partial charge in [-0.25, -0.2) is 9.59 Å². The number of ether oxygens (including phenoxy) is 4. The number of methoxy groups -OCH3 is 2. The molecule has 0 amide bonds. The third-order valence-electron chi connectivity index (χ3n) is 11.9. The predicted molar refractivity (Wildman–Crippen MR) is 276 cm³/mol. The fourth-order valence-electron chi connectivity index (χ4n) is 8.14. The third-order valence-corrected chi connectivity index (χ3v) is 11.9. The van der Waals surface area contributed by atoms with Crippen molar-refractivity contribution in [1.82, 2.24) is 5.32 Å². The van der Waals surface area contributed by atoms with Gasteiger partial charge in [0.2, 0.25) is 0 Å². The van der Waals surface area contributed by atoms with Gasteiger partial charge < -0.3 is 44.7 Å². The highest BCUT2D eigenvalue weighted by Gasteiger charge is 2.40. The smallest absolute Gasteiger partial charge is 0.336 e. The third kappa shape index (κ3) is 31.8. The van der Waals surface area contributed by atoms with E-state index in [9.17, 15) is 49.7 Å². The average Bonchev–Trinajstić information content (AvgIpc) is 3.33. The number of esters is 4. The molecule has 0 aromatic heterocycles. The van der Waals surface area contributed by atoms with E-state index in [4.69, 9.17) is 25.4 Å². The number of nitro groups is 1. The van der Waals surface area contributed by atoms with Crippen LogP contribution in [0.3, 0.4) is 0 Å². The highest BCUT2D eigenvalue weighted by atomic mass is 16.6. The molecule has 0 bridgehead atoms. The predicted octanol–water partition coefficient (Wildman–Crippen LogP) is 9.90. The molecular weight excluding hydrogens is 913 g/mol. The van der Waals surface area contributed by atoms with Gasteiger partial charge in [0, 0.05) is 56.1 Å². The van der Waals surface area contributed by atoms with E-state index in [1.807, 2.05) is 6.08 Å². The number of allylic oxidation sites excluding steroid dienone is 3. The Balaban J connectivity index is 0.00000104. The maximum atomic E-state index is 12.3. The van der Waals surface area contributed by atoms with Crippen molar-refractivity contribution in [2.75, 3.05) is 27.4 Å². The van der Waals surface area contributed by atoms with Crippen molar-refractivity contribution < 1.29 is 63.5 Å². The van der Waals surface area contributed by atoms with Crippen LogP contribution < -0.4 is 5.32 Å². The zero-order chi connectivity index (χ0) is 53.4. The number of nitrogens with one attached hydrogen (secondary N) is 1. The molecule has 1 aromatic carbocycles. The molecule has 1 heterocycles. The van der Waals surface area contributed by atoms with Crippen LogP contribution in [0.25, 0.3) is 0 Å². The van der Waals surface area contributed by atoms with Crippen molar-refractivity contribution in [3.8, 4) is 12.3 Å². The highest BCUT2D eigenvalue weighted by molar-refractivity contribution is 6.00. The van der Waals surface area contributed by atoms with Gasteiger partial charge in [-0.3, -0.25) is 19.7 Å². The summed E-state index contributed by atoms with van der Waals surface area (Å²) in [5.41, 5.74) is 1.19. The number of terminal acetylenes is 1. The van der Waals surface area contributed by atoms with Gasteiger partial charge in [-0.2, -0.15) is 0 Å². The second-order valence-electron chi connectivity index (χ2n) is 18.1. The Labute approximate surface area is 424 Å². The molecule has 1 aliphatic rings. The molecule has 4 unspecified atom stereocenters. The molecule has 1 aliphatic heterocycles. The maximum absolute atomic E-state index is 12.3. The molecule has 0 fully saturated rings. The zero-order valence-electron chi connectivity index (χ0n) is 43.8. The number of aliphatic hydroxyl groups is 4. The number of nitro benzene ring substituents is 1. The van der Waals surface area contributed by atoms with Crippen LogP contribution in [-0.2, 0) is 38.1 Å². The Morgan fingerprint density at radius 1 is 0.676 bits per heavy atom. The molecule has 0 saturated heterocycles. The molecular formula is C55H88N2O14. The topological polar surface area (TPSA) is 241 Å². The van der Waals surface area contributed by atoms with E-state index in [2.05, 4.69) is 17.8 Å². The summed E-state index contributed by atoms with van der Waals surface area (Å²) in [7, 11) is 2.42. The van der Waals surface area contributed by atoms with Crippen LogP contribution in [-0.4, -0.2) is 101 Å². The molecule has 16 heteroatoms. The molecule has 0 aliphatic carbocycles. The quantitative estimate of drug-likeness (QED) is 0.00808. The summed E-state index contributed by atoms with van der Waals surface area (Å²) in [6, 6.07) is 5.97. The van der Waals surface area contributed by atoms with Crippen molar-refractivity contribution in [3.63, 3.8) is 0 Å². The number of benzene rings is 1. The van der Waals surface area contributed by atoms with Crippen molar-refractivity contribution in [2.45, 2.75) is 212 Å². The van der Waals surface area contributed by atoms with E-state index >= 15 is 0 Å². The van der Waals surface area contributed by atoms with Gasteiger partial charge in [-0.05, 0) is 46.0 Å². The normalized spacial score (nSPS) is 13.9. The van der Waals surface area contributed by atoms with Crippen LogP contribution in [0.4, 0.5) is 5.69 Å². The lowest BCUT2D eigenvalue weighted by atomic mass is 9.79. The Kier molecular flexibility index (Phi) is 38.6. The van der Waals surface area contributed by atoms with Crippen LogP contribution in [0.15, 0.2) is 59.5 Å². The van der Waals surface area contributed by atoms with Crippen molar-refractivity contribution in [1.29, 1.82) is 0 Å². The number of nitrogens with zero attached hydrogens (tertiary/aromatic N) is 1. The molecule has 0 saturated carbocycles. The Hall–Kier alpha value is -5.08. The zero-order valence-corrected chi connectivity index (χ0v) is 43.8. The Bertz CT molecular complexity index is 1770. The van der Waals surface area contributed by atoms with Gasteiger partial charge in [0.05, 0.1) is 60.6 Å². The Morgan fingerprint density at radius 2 is 1.06 bits per heavy atom. The van der Waals surface area contributed by atoms with Crippen molar-refractivity contribution in [2.24, 2.45) is 0 Å². The molecule has 2 rings (SSSR count). The highest BCUT2D eigenvalue weighted by Crippen LogP contribution is 2.42. The number of rotatable bonds is 35. The van der Waals surface area contributed by atoms with Crippen molar-refractivity contribution in [3.05, 3.63) is 75.1 Å². The van der Waals surface area contributed by atoms with E-state index < -0.39 is 59.1 Å². The Morgan fingerprint density at radius 3 is 1.42 bits per heavy atom. The first-order chi connectivity index (χ1) is 33.9. The largest absolute Gasteiger partial charge is 0.466 e. The summed E-state index contributed by atoms with van der Waals surface area (Å²) < 4.78 is 19.1. The van der Waals surface area contributed by atoms with Gasteiger partial charge in [0.15, 0.2) is 0 Å². The molecule has 0 spiro atoms. The summed E-state index contributed by atoms with van der Waals surface area (Å²) >= 11 is 0. The van der Waals surface area contributed by atoms with Gasteiger partial charge >= 0.3 is 23.9 Å². The second kappa shape index (κ2) is 41.5. The molecule has 1 aromatic rings. The minimum Gasteiger partial charge on any atom is -0.466 e. The van der Waals surface area contributed by atoms with E-state index in [-0.39, 0.29) is 48.5 Å². The fourth-order valence-corrected chi connectivity index (χ4v) is 8.14. The van der Waals surface area contributed by atoms with Gasteiger partial charge in [0.1, 0.15) is 13.2 Å². The van der Waals surface area contributed by atoms with Crippen molar-refractivity contribution >= 4 is 29.6 Å². The number of carbonyl (C=O) groups excluding carboxylic acids is 4. The summed E-state index contributed by atoms with van der Waals surface area (Å²) in [6.45, 7) is 9.57. The van der Waals surface area contributed by atoms with E-state index in [1.54, 1.807) is 19.9 Å². The summed E-state index contributed by atoms with van der Waals surface area (Å²) in [4.78, 5) is 56.8. The number of para-hydroxylation sites is 1. The first-order valence-electron chi connectivity index (χ1n) is 25.6. The number of unbranched alkanes of at least 4 members (excludes halogenated alkanes) is 18. The number of hydrogen-bond donors (Lipinski definition) is 5. The molecule has 4 atom stereocenters. The van der Waals surface area contributed by atoms with Gasteiger partial charge in [0.25, 0.3) is 5.69 Å². The summed E-state index contributed by atoms with van der Waals surface area (Å²) in [5.74, 6) is -0.471. The lowest BCUT2D eigenvalue weighted by Gasteiger charge is -2.29. The fraction of sp³-hybridized carbons (Fsp3) is 0.673. The van der Waals surface area contributed by atoms with Gasteiger partial charge in [-0.15, -0.1) is 18.9 Å². The van der Waals surface area contributed by atoms with Crippen LogP contribution in [0.2, 0.25) is 0 Å². The minimum atomic E-state index is -0.970. The van der Waals surface area contributed by atoms with Crippen LogP contribution in [0.5, 0.6) is 0 Å². The molecule has 402 valence electrons. The molecule has 16 nitrogen and oxygen atoms in total. The van der Waals surface area contributed by atoms with E-state index in [0.29, 0.717) is 24.2 Å². The SMILES string of the molecule is C#CCCCCCCCCCCCC(O)CC(O)COC(C)=O.C=CCCCCCCCCCCCC(O)CC(O)COC(C)=O.COC(=O)C1=C(C)NC(C)=C(C(=O)OC)C1c1ccccc1[N+](=O)[O-]. The van der Waals surface area contributed by atoms with Gasteiger partial charge in [-0.1, -0.05) is 127 Å². The number of aliphatic hydroxyl groups excluding tert-OH is 4. The molecule has 71 heavy (non-hydrogen) atoms. The average molecular weight is 1000 g/mol. The second-order valence-corrected chi connectivity index (χ2v) is 18.1. The number of dihydropyridines is 1. The van der Waals surface area contributed by atoms with Crippen LogP contribution >= 0.6 is 0 Å². The van der Waals surface area contributed by atoms with Crippen LogP contribution in [0, 0.1) is 22.5 Å².